The van der Waals surface area contributed by atoms with Crippen molar-refractivity contribution >= 4 is 35.1 Å². The zero-order valence-electron chi connectivity index (χ0n) is 36.7. The Morgan fingerprint density at radius 3 is 1.20 bits per heavy atom. The van der Waals surface area contributed by atoms with Crippen molar-refractivity contribution in [3.63, 3.8) is 0 Å². The van der Waals surface area contributed by atoms with Gasteiger partial charge in [0.05, 0.1) is 0 Å². The molecule has 0 saturated heterocycles. The van der Waals surface area contributed by atoms with Crippen LogP contribution in [0.15, 0.2) is 96.1 Å². The second-order valence-electron chi connectivity index (χ2n) is 20.9. The summed E-state index contributed by atoms with van der Waals surface area (Å²) in [6.45, 7) is 5.12. The van der Waals surface area contributed by atoms with Crippen LogP contribution in [0.4, 0.5) is 0 Å². The molecule has 2 atom stereocenters. The summed E-state index contributed by atoms with van der Waals surface area (Å²) >= 11 is -4.97. The molecule has 4 fully saturated rings. The van der Waals surface area contributed by atoms with Crippen molar-refractivity contribution in [2.24, 2.45) is 11.8 Å². The van der Waals surface area contributed by atoms with E-state index in [1.165, 1.54) is 171 Å². The normalized spacial score (nSPS) is 23.7. The predicted octanol–water partition coefficient (Wildman–Crippen LogP) is 17.8. The number of hydrogen-bond donors (Lipinski definition) is 0. The molecule has 4 heteroatoms. The van der Waals surface area contributed by atoms with Crippen LogP contribution in [0.25, 0.3) is 34.4 Å². The van der Waals surface area contributed by atoms with E-state index < -0.39 is 21.5 Å². The Hall–Kier alpha value is -1.96. The molecule has 0 N–H and O–H groups in total. The molecule has 0 nitrogen and oxygen atoms in total. The second-order valence-corrected chi connectivity index (χ2v) is 63.4. The SMILES string of the molecule is C[SiH](C)[Zr]([Cl])([Cl])([CH]1C(CC2CCCC2)=Cc2c(-c3ccc(C4CCCCC4)cc3)cccc21)[CH]1C(CC2CCCC2)=Cc2c(-c3ccc(C4CCCCC4)cc3)cccc21. The third-order valence-corrected chi connectivity index (χ3v) is 69.0. The van der Waals surface area contributed by atoms with Crippen LogP contribution < -0.4 is 0 Å². The Labute approximate surface area is 371 Å². The topological polar surface area (TPSA) is 0 Å². The van der Waals surface area contributed by atoms with E-state index in [2.05, 4.69) is 110 Å². The molecular formula is C56H69Cl2SiZr. The Morgan fingerprint density at radius 2 is 0.833 bits per heavy atom. The molecular weight excluding hydrogens is 863 g/mol. The molecule has 0 bridgehead atoms. The molecule has 6 aliphatic carbocycles. The van der Waals surface area contributed by atoms with Crippen molar-refractivity contribution in [1.29, 1.82) is 0 Å². The summed E-state index contributed by atoms with van der Waals surface area (Å²) < 4.78 is 0.305. The number of fused-ring (bicyclic) bond motifs is 2. The standard InChI is InChI=1S/2C27H31.C2H7Si.2ClH.Zr/c2*1-2-9-22(10-3-1)23-13-15-24(16-14-23)26-12-6-11-25-18-21(19-27(25)26)17-20-7-4-5-8-20;1-3-2;;;/h2*6,11-16,18-20,22H,1-5,7-10,17H2;3H,1-2H3;2*1H;/q;;;;;+2/p-2. The predicted molar refractivity (Wildman–Crippen MR) is 261 cm³/mol. The fourth-order valence-electron chi connectivity index (χ4n) is 13.8. The van der Waals surface area contributed by atoms with Crippen molar-refractivity contribution in [3.05, 3.63) is 129 Å². The monoisotopic (exact) mass is 929 g/mol. The molecule has 6 aliphatic rings. The molecule has 0 aromatic heterocycles. The van der Waals surface area contributed by atoms with Crippen LogP contribution in [0.1, 0.15) is 181 Å². The fourth-order valence-corrected chi connectivity index (χ4v) is 45.1. The average Bonchev–Trinajstić information content (AvgIpc) is 4.12. The Bertz CT molecular complexity index is 2070. The van der Waals surface area contributed by atoms with Crippen LogP contribution in [0.3, 0.4) is 0 Å². The molecule has 315 valence electrons. The summed E-state index contributed by atoms with van der Waals surface area (Å²) in [5, 5.41) is 0. The van der Waals surface area contributed by atoms with Gasteiger partial charge in [-0.2, -0.15) is 0 Å². The summed E-state index contributed by atoms with van der Waals surface area (Å²) in [6, 6.07) is 33.9. The second kappa shape index (κ2) is 17.5. The van der Waals surface area contributed by atoms with Gasteiger partial charge in [0.25, 0.3) is 0 Å². The molecule has 0 heterocycles. The number of rotatable bonds is 11. The summed E-state index contributed by atoms with van der Waals surface area (Å²) in [6.07, 6.45) is 32.0. The van der Waals surface area contributed by atoms with Crippen LogP contribution in [-0.2, 0) is 15.6 Å². The van der Waals surface area contributed by atoms with E-state index in [0.29, 0.717) is 0 Å². The quantitative estimate of drug-likeness (QED) is 0.132. The summed E-state index contributed by atoms with van der Waals surface area (Å²) in [5.74, 6) is 1.23. The first-order valence-corrected chi connectivity index (χ1v) is 41.0. The maximum atomic E-state index is 9.12. The molecule has 10 rings (SSSR count). The van der Waals surface area contributed by atoms with Crippen LogP contribution in [0, 0.1) is 11.8 Å². The number of benzene rings is 4. The van der Waals surface area contributed by atoms with Crippen LogP contribution in [0.2, 0.25) is 13.1 Å². The molecule has 4 saturated carbocycles. The molecule has 0 amide bonds. The zero-order chi connectivity index (χ0) is 40.9. The molecule has 4 aromatic carbocycles. The van der Waals surface area contributed by atoms with Gasteiger partial charge in [0, 0.05) is 0 Å². The van der Waals surface area contributed by atoms with E-state index in [1.807, 2.05) is 0 Å². The number of allylic oxidation sites excluding steroid dienone is 2. The van der Waals surface area contributed by atoms with Gasteiger partial charge in [0.15, 0.2) is 0 Å². The van der Waals surface area contributed by atoms with Crippen LogP contribution in [0.5, 0.6) is 0 Å². The summed E-state index contributed by atoms with van der Waals surface area (Å²) in [4.78, 5) is 0. The molecule has 0 radical (unpaired) electrons. The van der Waals surface area contributed by atoms with E-state index in [1.54, 1.807) is 11.1 Å². The van der Waals surface area contributed by atoms with Gasteiger partial charge in [-0.15, -0.1) is 0 Å². The first-order chi connectivity index (χ1) is 29.3. The van der Waals surface area contributed by atoms with Crippen molar-refractivity contribution < 1.29 is 15.6 Å². The van der Waals surface area contributed by atoms with Crippen molar-refractivity contribution in [3.8, 4) is 22.3 Å². The van der Waals surface area contributed by atoms with Gasteiger partial charge in [-0.25, -0.2) is 0 Å². The maximum absolute atomic E-state index is 9.12. The Morgan fingerprint density at radius 1 is 0.467 bits per heavy atom. The van der Waals surface area contributed by atoms with Gasteiger partial charge in [0.1, 0.15) is 0 Å². The molecule has 60 heavy (non-hydrogen) atoms. The summed E-state index contributed by atoms with van der Waals surface area (Å²) in [7, 11) is 18.2. The van der Waals surface area contributed by atoms with Gasteiger partial charge < -0.3 is 0 Å². The van der Waals surface area contributed by atoms with Crippen molar-refractivity contribution in [1.82, 2.24) is 0 Å². The van der Waals surface area contributed by atoms with E-state index in [-0.39, 0.29) is 7.25 Å². The number of halogens is 2. The first-order valence-electron chi connectivity index (χ1n) is 24.7. The Balaban J connectivity index is 1.09. The molecule has 2 unspecified atom stereocenters. The van der Waals surface area contributed by atoms with Gasteiger partial charge in [-0.3, -0.25) is 0 Å². The number of hydrogen-bond acceptors (Lipinski definition) is 0. The van der Waals surface area contributed by atoms with Crippen molar-refractivity contribution in [2.45, 2.75) is 161 Å². The average molecular weight is 932 g/mol. The van der Waals surface area contributed by atoms with E-state index in [0.717, 1.165) is 36.5 Å². The van der Waals surface area contributed by atoms with E-state index >= 15 is 0 Å². The van der Waals surface area contributed by atoms with E-state index in [9.17, 15) is 0 Å². The van der Waals surface area contributed by atoms with Gasteiger partial charge in [0.2, 0.25) is 0 Å². The van der Waals surface area contributed by atoms with E-state index in [4.69, 9.17) is 17.0 Å². The molecule has 4 aromatic rings. The zero-order valence-corrected chi connectivity index (χ0v) is 41.8. The van der Waals surface area contributed by atoms with Gasteiger partial charge in [-0.05, 0) is 0 Å². The Kier molecular flexibility index (Phi) is 12.3. The third-order valence-electron chi connectivity index (χ3n) is 17.1. The van der Waals surface area contributed by atoms with Gasteiger partial charge in [-0.1, -0.05) is 0 Å². The van der Waals surface area contributed by atoms with Crippen LogP contribution >= 0.6 is 17.0 Å². The van der Waals surface area contributed by atoms with Crippen LogP contribution in [-0.4, -0.2) is 5.92 Å². The van der Waals surface area contributed by atoms with Crippen molar-refractivity contribution in [2.75, 3.05) is 0 Å². The fraction of sp³-hybridized carbons (Fsp3) is 0.500. The van der Waals surface area contributed by atoms with Gasteiger partial charge >= 0.3 is 375 Å². The first kappa shape index (κ1) is 42.0. The minimum atomic E-state index is -4.97. The molecule has 0 spiro atoms. The molecule has 0 aliphatic heterocycles. The minimum absolute atomic E-state index is 0.153. The summed E-state index contributed by atoms with van der Waals surface area (Å²) in [5.41, 5.74) is 17.4. The third kappa shape index (κ3) is 7.75.